The minimum atomic E-state index is -0.441. The van der Waals surface area contributed by atoms with Crippen molar-refractivity contribution in [2.75, 3.05) is 11.9 Å². The Balaban J connectivity index is 2.15. The van der Waals surface area contributed by atoms with Crippen LogP contribution in [0.4, 0.5) is 10.5 Å². The standard InChI is InChI=1S/C12H12N2O2S/c1-2-16-12(15)14-10-5-3-4-9(8-10)11-13-6-7-17-11/h3-8H,2H2,1H3,(H,14,15). The summed E-state index contributed by atoms with van der Waals surface area (Å²) in [6.07, 6.45) is 1.31. The molecule has 0 fully saturated rings. The van der Waals surface area contributed by atoms with Crippen LogP contribution in [0.25, 0.3) is 10.6 Å². The highest BCUT2D eigenvalue weighted by Gasteiger charge is 2.04. The highest BCUT2D eigenvalue weighted by atomic mass is 32.1. The highest BCUT2D eigenvalue weighted by Crippen LogP contribution is 2.24. The van der Waals surface area contributed by atoms with E-state index >= 15 is 0 Å². The number of carbonyl (C=O) groups is 1. The Labute approximate surface area is 103 Å². The predicted octanol–water partition coefficient (Wildman–Crippen LogP) is 3.38. The number of nitrogens with one attached hydrogen (secondary N) is 1. The van der Waals surface area contributed by atoms with Crippen LogP contribution < -0.4 is 5.32 Å². The van der Waals surface area contributed by atoms with Gasteiger partial charge in [0.25, 0.3) is 0 Å². The molecule has 0 spiro atoms. The van der Waals surface area contributed by atoms with Crippen molar-refractivity contribution < 1.29 is 9.53 Å². The number of anilines is 1. The minimum absolute atomic E-state index is 0.359. The normalized spacial score (nSPS) is 9.94. The summed E-state index contributed by atoms with van der Waals surface area (Å²) in [5.74, 6) is 0. The molecule has 0 saturated carbocycles. The van der Waals surface area contributed by atoms with Crippen molar-refractivity contribution in [2.24, 2.45) is 0 Å². The molecular formula is C12H12N2O2S. The third kappa shape index (κ3) is 3.04. The lowest BCUT2D eigenvalue weighted by Gasteiger charge is -2.06. The van der Waals surface area contributed by atoms with Crippen LogP contribution in [-0.2, 0) is 4.74 Å². The third-order valence-corrected chi connectivity index (χ3v) is 2.89. The number of rotatable bonds is 3. The molecule has 0 atom stereocenters. The largest absolute Gasteiger partial charge is 0.450 e. The molecule has 0 saturated heterocycles. The lowest BCUT2D eigenvalue weighted by atomic mass is 10.2. The summed E-state index contributed by atoms with van der Waals surface area (Å²) in [6, 6.07) is 7.51. The molecule has 88 valence electrons. The van der Waals surface area contributed by atoms with Gasteiger partial charge < -0.3 is 4.74 Å². The van der Waals surface area contributed by atoms with E-state index in [1.54, 1.807) is 24.5 Å². The molecule has 17 heavy (non-hydrogen) atoms. The first-order chi connectivity index (χ1) is 8.29. The molecule has 0 aliphatic rings. The second kappa shape index (κ2) is 5.45. The first-order valence-electron chi connectivity index (χ1n) is 5.23. The van der Waals surface area contributed by atoms with Crippen LogP contribution in [0, 0.1) is 0 Å². The molecule has 2 aromatic rings. The third-order valence-electron chi connectivity index (χ3n) is 2.06. The molecule has 2 rings (SSSR count). The van der Waals surface area contributed by atoms with Gasteiger partial charge in [0.15, 0.2) is 0 Å². The van der Waals surface area contributed by atoms with Crippen molar-refractivity contribution in [3.05, 3.63) is 35.8 Å². The monoisotopic (exact) mass is 248 g/mol. The van der Waals surface area contributed by atoms with Crippen LogP contribution in [-0.4, -0.2) is 17.7 Å². The number of thiazole rings is 1. The van der Waals surface area contributed by atoms with E-state index in [4.69, 9.17) is 4.74 Å². The van der Waals surface area contributed by atoms with Crippen molar-refractivity contribution in [1.29, 1.82) is 0 Å². The number of amides is 1. The minimum Gasteiger partial charge on any atom is -0.450 e. The summed E-state index contributed by atoms with van der Waals surface area (Å²) in [7, 11) is 0. The summed E-state index contributed by atoms with van der Waals surface area (Å²) in [5.41, 5.74) is 1.69. The first-order valence-corrected chi connectivity index (χ1v) is 6.11. The number of benzene rings is 1. The van der Waals surface area contributed by atoms with E-state index in [0.29, 0.717) is 12.3 Å². The molecule has 1 aromatic carbocycles. The molecule has 1 aromatic heterocycles. The van der Waals surface area contributed by atoms with Gasteiger partial charge in [0.1, 0.15) is 5.01 Å². The highest BCUT2D eigenvalue weighted by molar-refractivity contribution is 7.13. The average Bonchev–Trinajstić information content (AvgIpc) is 2.83. The van der Waals surface area contributed by atoms with Crippen molar-refractivity contribution >= 4 is 23.1 Å². The first kappa shape index (κ1) is 11.6. The number of nitrogens with zero attached hydrogens (tertiary/aromatic N) is 1. The average molecular weight is 248 g/mol. The molecule has 4 nitrogen and oxygen atoms in total. The van der Waals surface area contributed by atoms with E-state index in [9.17, 15) is 4.79 Å². The van der Waals surface area contributed by atoms with E-state index in [1.807, 2.05) is 29.6 Å². The van der Waals surface area contributed by atoms with Crippen LogP contribution in [0.3, 0.4) is 0 Å². The number of hydrogen-bond donors (Lipinski definition) is 1. The SMILES string of the molecule is CCOC(=O)Nc1cccc(-c2nccs2)c1. The van der Waals surface area contributed by atoms with Gasteiger partial charge in [-0.05, 0) is 19.1 Å². The smallest absolute Gasteiger partial charge is 0.411 e. The number of carbonyl (C=O) groups excluding carboxylic acids is 1. The van der Waals surface area contributed by atoms with Gasteiger partial charge in [0.2, 0.25) is 0 Å². The van der Waals surface area contributed by atoms with E-state index in [-0.39, 0.29) is 0 Å². The Morgan fingerprint density at radius 3 is 3.12 bits per heavy atom. The second-order valence-electron chi connectivity index (χ2n) is 3.26. The molecule has 1 N–H and O–H groups in total. The summed E-state index contributed by atoms with van der Waals surface area (Å²) in [5, 5.41) is 5.51. The van der Waals surface area contributed by atoms with Gasteiger partial charge in [-0.1, -0.05) is 12.1 Å². The Hall–Kier alpha value is -1.88. The number of aromatic nitrogens is 1. The summed E-state index contributed by atoms with van der Waals surface area (Å²) >= 11 is 1.56. The Morgan fingerprint density at radius 2 is 2.41 bits per heavy atom. The van der Waals surface area contributed by atoms with Crippen molar-refractivity contribution in [1.82, 2.24) is 4.98 Å². The maximum absolute atomic E-state index is 11.3. The second-order valence-corrected chi connectivity index (χ2v) is 4.16. The molecule has 1 heterocycles. The van der Waals surface area contributed by atoms with E-state index in [1.165, 1.54) is 0 Å². The summed E-state index contributed by atoms with van der Waals surface area (Å²) in [4.78, 5) is 15.5. The topological polar surface area (TPSA) is 51.2 Å². The zero-order valence-electron chi connectivity index (χ0n) is 9.34. The van der Waals surface area contributed by atoms with E-state index in [0.717, 1.165) is 10.6 Å². The van der Waals surface area contributed by atoms with Crippen molar-refractivity contribution in [3.63, 3.8) is 0 Å². The van der Waals surface area contributed by atoms with E-state index in [2.05, 4.69) is 10.3 Å². The quantitative estimate of drug-likeness (QED) is 0.905. The molecule has 5 heteroatoms. The fourth-order valence-electron chi connectivity index (χ4n) is 1.38. The Kier molecular flexibility index (Phi) is 3.72. The maximum atomic E-state index is 11.3. The molecular weight excluding hydrogens is 236 g/mol. The van der Waals surface area contributed by atoms with Crippen molar-refractivity contribution in [3.8, 4) is 10.6 Å². The van der Waals surface area contributed by atoms with Crippen LogP contribution >= 0.6 is 11.3 Å². The van der Waals surface area contributed by atoms with Crippen LogP contribution in [0.2, 0.25) is 0 Å². The fraction of sp³-hybridized carbons (Fsp3) is 0.167. The number of ether oxygens (including phenoxy) is 1. The molecule has 0 bridgehead atoms. The number of hydrogen-bond acceptors (Lipinski definition) is 4. The molecule has 0 radical (unpaired) electrons. The Bertz CT molecular complexity index is 497. The summed E-state index contributed by atoms with van der Waals surface area (Å²) in [6.45, 7) is 2.13. The van der Waals surface area contributed by atoms with E-state index < -0.39 is 6.09 Å². The van der Waals surface area contributed by atoms with Gasteiger partial charge >= 0.3 is 6.09 Å². The van der Waals surface area contributed by atoms with Crippen LogP contribution in [0.5, 0.6) is 0 Å². The Morgan fingerprint density at radius 1 is 1.53 bits per heavy atom. The van der Waals surface area contributed by atoms with Gasteiger partial charge in [0.05, 0.1) is 6.61 Å². The molecule has 1 amide bonds. The zero-order valence-corrected chi connectivity index (χ0v) is 10.2. The van der Waals surface area contributed by atoms with Crippen molar-refractivity contribution in [2.45, 2.75) is 6.92 Å². The lowest BCUT2D eigenvalue weighted by Crippen LogP contribution is -2.13. The van der Waals surface area contributed by atoms with Gasteiger partial charge in [0, 0.05) is 22.8 Å². The van der Waals surface area contributed by atoms with Crippen LogP contribution in [0.1, 0.15) is 6.92 Å². The summed E-state index contributed by atoms with van der Waals surface area (Å²) < 4.78 is 4.81. The van der Waals surface area contributed by atoms with Gasteiger partial charge in [-0.3, -0.25) is 5.32 Å². The predicted molar refractivity (Wildman–Crippen MR) is 68.2 cm³/mol. The maximum Gasteiger partial charge on any atom is 0.411 e. The fourth-order valence-corrected chi connectivity index (χ4v) is 2.02. The molecule has 0 unspecified atom stereocenters. The van der Waals surface area contributed by atoms with Gasteiger partial charge in [-0.2, -0.15) is 0 Å². The molecule has 0 aliphatic heterocycles. The lowest BCUT2D eigenvalue weighted by molar-refractivity contribution is 0.168. The molecule has 0 aliphatic carbocycles. The van der Waals surface area contributed by atoms with Crippen LogP contribution in [0.15, 0.2) is 35.8 Å². The van der Waals surface area contributed by atoms with Gasteiger partial charge in [-0.25, -0.2) is 9.78 Å². The van der Waals surface area contributed by atoms with Gasteiger partial charge in [-0.15, -0.1) is 11.3 Å². The zero-order chi connectivity index (χ0) is 12.1.